The average Bonchev–Trinajstić information content (AvgIpc) is 3.27. The molecule has 0 saturated heterocycles. The van der Waals surface area contributed by atoms with Gasteiger partial charge in [-0.1, -0.05) is 72.4 Å². The van der Waals surface area contributed by atoms with Gasteiger partial charge in [0.1, 0.15) is 5.25 Å². The molecule has 0 fully saturated rings. The summed E-state index contributed by atoms with van der Waals surface area (Å²) in [4.78, 5) is 34.9. The minimum atomic E-state index is -0.540. The Morgan fingerprint density at radius 3 is 2.44 bits per heavy atom. The Hall–Kier alpha value is -3.64. The molecular weight excluding hydrogens is 418 g/mol. The minimum absolute atomic E-state index is 0.0243. The number of hydrogen-bond donors (Lipinski definition) is 1. The smallest absolute Gasteiger partial charge is 0.262 e. The molecule has 1 atom stereocenters. The number of ketones is 1. The van der Waals surface area contributed by atoms with Gasteiger partial charge in [-0.05, 0) is 30.7 Å². The number of thioether (sulfide) groups is 1. The van der Waals surface area contributed by atoms with E-state index in [9.17, 15) is 9.59 Å². The van der Waals surface area contributed by atoms with E-state index in [1.165, 1.54) is 11.8 Å². The summed E-state index contributed by atoms with van der Waals surface area (Å²) in [5, 5.41) is 1.47. The summed E-state index contributed by atoms with van der Waals surface area (Å²) >= 11 is 1.33. The van der Waals surface area contributed by atoms with Gasteiger partial charge in [-0.25, -0.2) is 4.98 Å². The van der Waals surface area contributed by atoms with Crippen LogP contribution in [0.4, 0.5) is 0 Å². The third-order valence-corrected chi connectivity index (χ3v) is 6.81. The molecule has 2 aromatic heterocycles. The van der Waals surface area contributed by atoms with Crippen molar-refractivity contribution in [2.75, 3.05) is 0 Å². The highest BCUT2D eigenvalue weighted by Crippen LogP contribution is 2.38. The normalized spacial score (nSPS) is 12.3. The maximum Gasteiger partial charge on any atom is 0.262 e. The number of carbonyl (C=O) groups excluding carboxylic acids is 1. The first kappa shape index (κ1) is 20.3. The monoisotopic (exact) mass is 439 g/mol. The van der Waals surface area contributed by atoms with Gasteiger partial charge >= 0.3 is 0 Å². The van der Waals surface area contributed by atoms with E-state index in [-0.39, 0.29) is 11.3 Å². The Kier molecular flexibility index (Phi) is 5.37. The number of benzene rings is 3. The molecule has 2 heterocycles. The number of fused-ring (bicyclic) bond motifs is 2. The number of H-pyrrole nitrogens is 1. The number of aromatic amines is 1. The minimum Gasteiger partial charge on any atom is -0.360 e. The van der Waals surface area contributed by atoms with Crippen LogP contribution in [0.5, 0.6) is 0 Å². The van der Waals surface area contributed by atoms with E-state index in [1.807, 2.05) is 79.7 Å². The number of nitrogens with one attached hydrogen (secondary N) is 1. The van der Waals surface area contributed by atoms with E-state index in [0.717, 1.165) is 16.5 Å². The quantitative estimate of drug-likeness (QED) is 0.212. The van der Waals surface area contributed by atoms with E-state index in [1.54, 1.807) is 16.8 Å². The lowest BCUT2D eigenvalue weighted by molar-refractivity contribution is 0.0991. The molecule has 1 N–H and O–H groups in total. The molecule has 6 heteroatoms. The largest absolute Gasteiger partial charge is 0.360 e. The third kappa shape index (κ3) is 3.52. The zero-order chi connectivity index (χ0) is 22.1. The van der Waals surface area contributed by atoms with E-state index in [4.69, 9.17) is 4.98 Å². The molecule has 0 radical (unpaired) electrons. The van der Waals surface area contributed by atoms with Crippen molar-refractivity contribution < 1.29 is 4.79 Å². The second kappa shape index (κ2) is 8.48. The van der Waals surface area contributed by atoms with Crippen molar-refractivity contribution in [1.82, 2.24) is 14.5 Å². The number of aromatic nitrogens is 3. The first-order valence-electron chi connectivity index (χ1n) is 10.5. The van der Waals surface area contributed by atoms with Crippen LogP contribution in [0.25, 0.3) is 21.8 Å². The molecule has 0 aliphatic heterocycles. The lowest BCUT2D eigenvalue weighted by Gasteiger charge is -2.18. The van der Waals surface area contributed by atoms with Crippen LogP contribution in [0.1, 0.15) is 28.1 Å². The number of rotatable bonds is 6. The van der Waals surface area contributed by atoms with E-state index in [0.29, 0.717) is 28.2 Å². The summed E-state index contributed by atoms with van der Waals surface area (Å²) in [5.74, 6) is -0.0243. The highest BCUT2D eigenvalue weighted by atomic mass is 32.2. The molecule has 3 aromatic carbocycles. The zero-order valence-corrected chi connectivity index (χ0v) is 18.3. The highest BCUT2D eigenvalue weighted by molar-refractivity contribution is 8.00. The van der Waals surface area contributed by atoms with E-state index in [2.05, 4.69) is 4.98 Å². The number of Topliss-reactive ketones (excluding diaryl/α,β-unsaturated/α-hetero) is 1. The van der Waals surface area contributed by atoms with Gasteiger partial charge in [-0.2, -0.15) is 0 Å². The Bertz CT molecular complexity index is 1490. The van der Waals surface area contributed by atoms with Crippen molar-refractivity contribution in [3.05, 3.63) is 107 Å². The van der Waals surface area contributed by atoms with Crippen molar-refractivity contribution in [2.24, 2.45) is 0 Å². The van der Waals surface area contributed by atoms with Crippen molar-refractivity contribution in [1.29, 1.82) is 0 Å². The molecule has 0 saturated carbocycles. The van der Waals surface area contributed by atoms with Crippen LogP contribution in [0, 0.1) is 0 Å². The van der Waals surface area contributed by atoms with Crippen LogP contribution in [0.3, 0.4) is 0 Å². The van der Waals surface area contributed by atoms with Crippen LogP contribution in [-0.4, -0.2) is 20.3 Å². The van der Waals surface area contributed by atoms with E-state index >= 15 is 0 Å². The second-order valence-electron chi connectivity index (χ2n) is 7.48. The summed E-state index contributed by atoms with van der Waals surface area (Å²) in [6.45, 7) is 2.39. The summed E-state index contributed by atoms with van der Waals surface area (Å²) in [6.07, 6.45) is 1.77. The van der Waals surface area contributed by atoms with Gasteiger partial charge in [0.25, 0.3) is 5.56 Å². The number of para-hydroxylation sites is 2. The Morgan fingerprint density at radius 1 is 0.969 bits per heavy atom. The molecule has 1 unspecified atom stereocenters. The first-order valence-corrected chi connectivity index (χ1v) is 11.4. The van der Waals surface area contributed by atoms with Gasteiger partial charge in [-0.3, -0.25) is 14.2 Å². The molecule has 0 spiro atoms. The lowest BCUT2D eigenvalue weighted by Crippen LogP contribution is -2.23. The molecule has 32 heavy (non-hydrogen) atoms. The average molecular weight is 440 g/mol. The van der Waals surface area contributed by atoms with Gasteiger partial charge in [0.15, 0.2) is 10.9 Å². The molecule has 5 nitrogen and oxygen atoms in total. The van der Waals surface area contributed by atoms with Crippen molar-refractivity contribution in [2.45, 2.75) is 23.9 Å². The fourth-order valence-electron chi connectivity index (χ4n) is 3.94. The Balaban J connectivity index is 1.65. The lowest BCUT2D eigenvalue weighted by atomic mass is 10.0. The number of carbonyl (C=O) groups is 1. The van der Waals surface area contributed by atoms with Crippen LogP contribution >= 0.6 is 11.8 Å². The molecule has 0 aliphatic rings. The van der Waals surface area contributed by atoms with Gasteiger partial charge < -0.3 is 4.98 Å². The molecule has 0 amide bonds. The molecule has 158 valence electrons. The fraction of sp³-hybridized carbons (Fsp3) is 0.115. The number of nitrogens with zero attached hydrogens (tertiary/aromatic N) is 2. The molecule has 5 rings (SSSR count). The fourth-order valence-corrected chi connectivity index (χ4v) is 5.17. The Morgan fingerprint density at radius 2 is 1.66 bits per heavy atom. The summed E-state index contributed by atoms with van der Waals surface area (Å²) in [5.41, 5.74) is 2.97. The maximum atomic E-state index is 13.8. The van der Waals surface area contributed by atoms with Crippen molar-refractivity contribution in [3.8, 4) is 0 Å². The first-order chi connectivity index (χ1) is 15.7. The molecular formula is C26H21N3O2S. The maximum absolute atomic E-state index is 13.8. The van der Waals surface area contributed by atoms with Crippen LogP contribution < -0.4 is 5.56 Å². The van der Waals surface area contributed by atoms with Crippen LogP contribution in [0.2, 0.25) is 0 Å². The molecule has 0 aliphatic carbocycles. The van der Waals surface area contributed by atoms with Crippen LogP contribution in [0.15, 0.2) is 95.0 Å². The van der Waals surface area contributed by atoms with Gasteiger partial charge in [-0.15, -0.1) is 0 Å². The van der Waals surface area contributed by atoms with E-state index < -0.39 is 5.25 Å². The Labute approximate surface area is 189 Å². The predicted octanol–water partition coefficient (Wildman–Crippen LogP) is 5.61. The van der Waals surface area contributed by atoms with Crippen molar-refractivity contribution in [3.63, 3.8) is 0 Å². The number of hydrogen-bond acceptors (Lipinski definition) is 4. The third-order valence-electron chi connectivity index (χ3n) is 5.56. The van der Waals surface area contributed by atoms with Gasteiger partial charge in [0.05, 0.1) is 10.9 Å². The standard InChI is InChI=1S/C26H21N3O2S/c1-2-29-25(31)19-13-7-9-15-22(19)28-26(29)32-24(17-10-4-3-5-11-17)23(30)20-16-27-21-14-8-6-12-18(20)21/h3-16,24,27H,2H2,1H3. The van der Waals surface area contributed by atoms with Crippen molar-refractivity contribution >= 4 is 39.4 Å². The summed E-state index contributed by atoms with van der Waals surface area (Å²) < 4.78 is 1.64. The topological polar surface area (TPSA) is 67.8 Å². The summed E-state index contributed by atoms with van der Waals surface area (Å²) in [6, 6.07) is 24.8. The highest BCUT2D eigenvalue weighted by Gasteiger charge is 2.27. The molecule has 5 aromatic rings. The van der Waals surface area contributed by atoms with Gasteiger partial charge in [0, 0.05) is 29.2 Å². The van der Waals surface area contributed by atoms with Gasteiger partial charge in [0.2, 0.25) is 0 Å². The summed E-state index contributed by atoms with van der Waals surface area (Å²) in [7, 11) is 0. The zero-order valence-electron chi connectivity index (χ0n) is 17.5. The second-order valence-corrected chi connectivity index (χ2v) is 8.55. The molecule has 0 bridgehead atoms. The SMILES string of the molecule is CCn1c(SC(C(=O)c2c[nH]c3ccccc23)c2ccccc2)nc2ccccc2c1=O. The van der Waals surface area contributed by atoms with Crippen LogP contribution in [-0.2, 0) is 6.54 Å². The predicted molar refractivity (Wildman–Crippen MR) is 129 cm³/mol.